The van der Waals surface area contributed by atoms with Crippen LogP contribution in [0.4, 0.5) is 0 Å². The van der Waals surface area contributed by atoms with Gasteiger partial charge in [-0.1, -0.05) is 0 Å². The normalized spacial score (nSPS) is 11.2. The fourth-order valence-corrected chi connectivity index (χ4v) is 2.01. The van der Waals surface area contributed by atoms with Crippen LogP contribution in [0, 0.1) is 13.8 Å². The molecule has 0 saturated carbocycles. The summed E-state index contributed by atoms with van der Waals surface area (Å²) in [6.07, 6.45) is 4.43. The molecule has 6 nitrogen and oxygen atoms in total. The van der Waals surface area contributed by atoms with E-state index in [4.69, 9.17) is 4.42 Å². The number of carbonyl (C=O) groups is 1. The van der Waals surface area contributed by atoms with Crippen LogP contribution in [0.1, 0.15) is 34.3 Å². The molecule has 2 aromatic rings. The molecule has 2 heterocycles. The Balaban J connectivity index is 2.32. The molecule has 0 fully saturated rings. The van der Waals surface area contributed by atoms with Gasteiger partial charge in [0, 0.05) is 23.9 Å². The molecular formula is C15H16N2O4. The van der Waals surface area contributed by atoms with Crippen molar-refractivity contribution in [3.63, 3.8) is 0 Å². The van der Waals surface area contributed by atoms with Crippen molar-refractivity contribution in [2.24, 2.45) is 0 Å². The lowest BCUT2D eigenvalue weighted by Crippen LogP contribution is -2.12. The Labute approximate surface area is 121 Å². The predicted octanol–water partition coefficient (Wildman–Crippen LogP) is 2.07. The molecule has 0 saturated heterocycles. The van der Waals surface area contributed by atoms with Crippen LogP contribution in [0.25, 0.3) is 6.08 Å². The maximum absolute atomic E-state index is 12.0. The van der Waals surface area contributed by atoms with Gasteiger partial charge in [0.15, 0.2) is 5.78 Å². The summed E-state index contributed by atoms with van der Waals surface area (Å²) in [5, 5.41) is 13.9. The number of allylic oxidation sites excluding steroid dienone is 1. The van der Waals surface area contributed by atoms with Crippen molar-refractivity contribution < 1.29 is 14.3 Å². The summed E-state index contributed by atoms with van der Waals surface area (Å²) >= 11 is 0. The van der Waals surface area contributed by atoms with Crippen LogP contribution < -0.4 is 5.63 Å². The van der Waals surface area contributed by atoms with Gasteiger partial charge in [0.05, 0.1) is 6.20 Å². The second-order valence-electron chi connectivity index (χ2n) is 4.60. The lowest BCUT2D eigenvalue weighted by atomic mass is 10.1. The zero-order chi connectivity index (χ0) is 15.6. The zero-order valence-electron chi connectivity index (χ0n) is 12.1. The van der Waals surface area contributed by atoms with Gasteiger partial charge in [-0.25, -0.2) is 4.79 Å². The number of aryl methyl sites for hydroxylation is 2. The molecule has 0 aromatic carbocycles. The lowest BCUT2D eigenvalue weighted by Gasteiger charge is -2.00. The molecule has 0 spiro atoms. The highest BCUT2D eigenvalue weighted by atomic mass is 16.4. The highest BCUT2D eigenvalue weighted by Gasteiger charge is 2.16. The molecule has 0 aliphatic rings. The summed E-state index contributed by atoms with van der Waals surface area (Å²) in [5.74, 6) is -0.734. The van der Waals surface area contributed by atoms with E-state index in [0.29, 0.717) is 0 Å². The van der Waals surface area contributed by atoms with Crippen molar-refractivity contribution in [2.45, 2.75) is 27.3 Å². The molecular weight excluding hydrogens is 272 g/mol. The van der Waals surface area contributed by atoms with Crippen LogP contribution in [0.5, 0.6) is 5.75 Å². The van der Waals surface area contributed by atoms with E-state index in [2.05, 4.69) is 5.10 Å². The molecule has 0 radical (unpaired) electrons. The molecule has 6 heteroatoms. The molecule has 110 valence electrons. The number of aromatic nitrogens is 2. The van der Waals surface area contributed by atoms with E-state index < -0.39 is 11.4 Å². The van der Waals surface area contributed by atoms with Crippen LogP contribution in [0.2, 0.25) is 0 Å². The smallest absolute Gasteiger partial charge is 0.351 e. The first-order valence-corrected chi connectivity index (χ1v) is 6.52. The van der Waals surface area contributed by atoms with E-state index >= 15 is 0 Å². The van der Waals surface area contributed by atoms with Gasteiger partial charge in [0.25, 0.3) is 0 Å². The van der Waals surface area contributed by atoms with Crippen molar-refractivity contribution in [1.82, 2.24) is 9.78 Å². The van der Waals surface area contributed by atoms with E-state index in [0.717, 1.165) is 17.8 Å². The van der Waals surface area contributed by atoms with Crippen molar-refractivity contribution in [3.05, 3.63) is 51.3 Å². The van der Waals surface area contributed by atoms with E-state index in [1.165, 1.54) is 19.1 Å². The largest absolute Gasteiger partial charge is 0.507 e. The standard InChI is InChI=1S/C15H16N2O4/c1-4-17-10(3)11(8-16-17)5-6-12(18)14-13(19)7-9(2)21-15(14)20/h5-8,19H,4H2,1-3H3/b6-5+. The van der Waals surface area contributed by atoms with Crippen molar-refractivity contribution in [3.8, 4) is 5.75 Å². The maximum Gasteiger partial charge on any atom is 0.351 e. The summed E-state index contributed by atoms with van der Waals surface area (Å²) in [6.45, 7) is 6.11. The fraction of sp³-hybridized carbons (Fsp3) is 0.267. The molecule has 0 atom stereocenters. The molecule has 0 amide bonds. The number of aromatic hydroxyl groups is 1. The Morgan fingerprint density at radius 3 is 2.76 bits per heavy atom. The van der Waals surface area contributed by atoms with Crippen molar-refractivity contribution >= 4 is 11.9 Å². The first kappa shape index (κ1) is 14.8. The first-order chi connectivity index (χ1) is 9.93. The molecule has 0 unspecified atom stereocenters. The van der Waals surface area contributed by atoms with Crippen LogP contribution in [-0.2, 0) is 6.54 Å². The second-order valence-corrected chi connectivity index (χ2v) is 4.60. The van der Waals surface area contributed by atoms with Gasteiger partial charge in [-0.15, -0.1) is 0 Å². The molecule has 2 rings (SSSR count). The number of rotatable bonds is 4. The third-order valence-corrected chi connectivity index (χ3v) is 3.16. The number of hydrogen-bond acceptors (Lipinski definition) is 5. The molecule has 2 aromatic heterocycles. The quantitative estimate of drug-likeness (QED) is 0.687. The van der Waals surface area contributed by atoms with E-state index in [-0.39, 0.29) is 17.1 Å². The minimum absolute atomic E-state index is 0.248. The number of carbonyl (C=O) groups excluding carboxylic acids is 1. The van der Waals surface area contributed by atoms with Gasteiger partial charge < -0.3 is 9.52 Å². The average Bonchev–Trinajstić information content (AvgIpc) is 2.75. The van der Waals surface area contributed by atoms with E-state index in [9.17, 15) is 14.7 Å². The monoisotopic (exact) mass is 288 g/mol. The Morgan fingerprint density at radius 2 is 2.19 bits per heavy atom. The van der Waals surface area contributed by atoms with Crippen LogP contribution >= 0.6 is 0 Å². The highest BCUT2D eigenvalue weighted by Crippen LogP contribution is 2.16. The minimum Gasteiger partial charge on any atom is -0.507 e. The summed E-state index contributed by atoms with van der Waals surface area (Å²) in [5.41, 5.74) is 0.489. The van der Waals surface area contributed by atoms with Gasteiger partial charge in [0.1, 0.15) is 17.1 Å². The Kier molecular flexibility index (Phi) is 4.07. The molecule has 0 bridgehead atoms. The number of nitrogens with zero attached hydrogens (tertiary/aromatic N) is 2. The van der Waals surface area contributed by atoms with Gasteiger partial charge in [-0.3, -0.25) is 9.48 Å². The average molecular weight is 288 g/mol. The van der Waals surface area contributed by atoms with Crippen LogP contribution in [-0.4, -0.2) is 20.7 Å². The summed E-state index contributed by atoms with van der Waals surface area (Å²) < 4.78 is 6.61. The van der Waals surface area contributed by atoms with Crippen molar-refractivity contribution in [1.29, 1.82) is 0 Å². The number of hydrogen-bond donors (Lipinski definition) is 1. The topological polar surface area (TPSA) is 85.3 Å². The van der Waals surface area contributed by atoms with Crippen LogP contribution in [0.15, 0.2) is 27.6 Å². The van der Waals surface area contributed by atoms with Gasteiger partial charge in [-0.2, -0.15) is 5.10 Å². The fourth-order valence-electron chi connectivity index (χ4n) is 2.01. The van der Waals surface area contributed by atoms with Gasteiger partial charge >= 0.3 is 5.63 Å². The molecule has 0 aliphatic heterocycles. The predicted molar refractivity (Wildman–Crippen MR) is 77.4 cm³/mol. The summed E-state index contributed by atoms with van der Waals surface area (Å²) in [6, 6.07) is 1.24. The second kappa shape index (κ2) is 5.78. The lowest BCUT2D eigenvalue weighted by molar-refractivity contribution is 0.104. The summed E-state index contributed by atoms with van der Waals surface area (Å²) in [4.78, 5) is 23.7. The Bertz CT molecular complexity index is 768. The Morgan fingerprint density at radius 1 is 1.48 bits per heavy atom. The summed E-state index contributed by atoms with van der Waals surface area (Å²) in [7, 11) is 0. The highest BCUT2D eigenvalue weighted by molar-refractivity contribution is 6.08. The SMILES string of the molecule is CCn1ncc(/C=C/C(=O)c2c(O)cc(C)oc2=O)c1C. The van der Waals surface area contributed by atoms with E-state index in [1.807, 2.05) is 13.8 Å². The molecule has 1 N–H and O–H groups in total. The molecule has 0 aliphatic carbocycles. The maximum atomic E-state index is 12.0. The minimum atomic E-state index is -0.844. The third kappa shape index (κ3) is 2.94. The Hall–Kier alpha value is -2.63. The first-order valence-electron chi connectivity index (χ1n) is 6.52. The van der Waals surface area contributed by atoms with E-state index in [1.54, 1.807) is 17.0 Å². The zero-order valence-corrected chi connectivity index (χ0v) is 12.1. The molecule has 21 heavy (non-hydrogen) atoms. The van der Waals surface area contributed by atoms with Crippen LogP contribution in [0.3, 0.4) is 0 Å². The third-order valence-electron chi connectivity index (χ3n) is 3.16. The van der Waals surface area contributed by atoms with Crippen molar-refractivity contribution in [2.75, 3.05) is 0 Å². The van der Waals surface area contributed by atoms with Gasteiger partial charge in [-0.05, 0) is 32.9 Å². The van der Waals surface area contributed by atoms with Gasteiger partial charge in [0.2, 0.25) is 0 Å². The number of ketones is 1.